The number of nitrogens with zero attached hydrogens (tertiary/aromatic N) is 1. The fraction of sp³-hybridized carbons (Fsp3) is 0.714. The van der Waals surface area contributed by atoms with E-state index in [4.69, 9.17) is 9.47 Å². The number of allylic oxidation sites excluding steroid dienone is 1. The molecule has 122 valence electrons. The molecule has 0 aliphatic carbocycles. The first kappa shape index (κ1) is 20.5. The number of hydrogen-bond acceptors (Lipinski definition) is 6. The maximum Gasteiger partial charge on any atom is 0.222 e. The van der Waals surface area contributed by atoms with E-state index in [1.807, 2.05) is 14.0 Å². The summed E-state index contributed by atoms with van der Waals surface area (Å²) < 4.78 is 10.7. The Labute approximate surface area is 135 Å². The molecule has 0 atom stereocenters. The van der Waals surface area contributed by atoms with Gasteiger partial charge in [0.1, 0.15) is 5.04 Å². The molecule has 0 aliphatic rings. The van der Waals surface area contributed by atoms with Crippen LogP contribution < -0.4 is 5.32 Å². The minimum atomic E-state index is -0.00541. The van der Waals surface area contributed by atoms with Gasteiger partial charge in [-0.15, -0.1) is 0 Å². The summed E-state index contributed by atoms with van der Waals surface area (Å²) in [7, 11) is 6.83. The molecule has 0 saturated heterocycles. The van der Waals surface area contributed by atoms with Gasteiger partial charge in [0.25, 0.3) is 0 Å². The van der Waals surface area contributed by atoms with Gasteiger partial charge in [-0.2, -0.15) is 0 Å². The van der Waals surface area contributed by atoms with Crippen molar-refractivity contribution in [1.82, 2.24) is 5.32 Å². The highest BCUT2D eigenvalue weighted by Crippen LogP contribution is 2.26. The fourth-order valence-corrected chi connectivity index (χ4v) is 3.32. The molecule has 0 bridgehead atoms. The molecule has 0 saturated carbocycles. The normalized spacial score (nSPS) is 12.6. The molecule has 5 nitrogen and oxygen atoms in total. The van der Waals surface area contributed by atoms with E-state index in [9.17, 15) is 4.79 Å². The van der Waals surface area contributed by atoms with Crippen LogP contribution in [0.5, 0.6) is 0 Å². The number of aliphatic imine (C=N–C) groups is 1. The van der Waals surface area contributed by atoms with Gasteiger partial charge in [-0.3, -0.25) is 9.79 Å². The molecule has 0 heterocycles. The predicted octanol–water partition coefficient (Wildman–Crippen LogP) is 2.53. The summed E-state index contributed by atoms with van der Waals surface area (Å²) in [4.78, 5) is 15.2. The van der Waals surface area contributed by atoms with Crippen LogP contribution in [0.25, 0.3) is 0 Å². The lowest BCUT2D eigenvalue weighted by molar-refractivity contribution is -0.121. The number of amides is 1. The van der Waals surface area contributed by atoms with Crippen LogP contribution in [0.1, 0.15) is 20.3 Å². The monoisotopic (exact) mass is 334 g/mol. The highest BCUT2D eigenvalue weighted by Gasteiger charge is 2.02. The van der Waals surface area contributed by atoms with Crippen molar-refractivity contribution >= 4 is 32.5 Å². The molecule has 0 aromatic heterocycles. The van der Waals surface area contributed by atoms with Crippen molar-refractivity contribution in [2.45, 2.75) is 20.3 Å². The quantitative estimate of drug-likeness (QED) is 0.272. The van der Waals surface area contributed by atoms with Gasteiger partial charge in [0.15, 0.2) is 0 Å². The second kappa shape index (κ2) is 14.4. The van der Waals surface area contributed by atoms with Crippen LogP contribution in [-0.4, -0.2) is 57.2 Å². The summed E-state index contributed by atoms with van der Waals surface area (Å²) in [6.07, 6.45) is 2.45. The fourth-order valence-electron chi connectivity index (χ4n) is 1.21. The zero-order valence-electron chi connectivity index (χ0n) is 13.3. The van der Waals surface area contributed by atoms with Gasteiger partial charge in [0.2, 0.25) is 5.91 Å². The highest BCUT2D eigenvalue weighted by atomic mass is 33.1. The molecule has 21 heavy (non-hydrogen) atoms. The molecule has 0 aromatic carbocycles. The molecule has 1 amide bonds. The van der Waals surface area contributed by atoms with E-state index in [-0.39, 0.29) is 5.91 Å². The van der Waals surface area contributed by atoms with E-state index in [1.54, 1.807) is 28.6 Å². The lowest BCUT2D eigenvalue weighted by Gasteiger charge is -2.06. The van der Waals surface area contributed by atoms with Crippen LogP contribution in [0, 0.1) is 0 Å². The summed E-state index contributed by atoms with van der Waals surface area (Å²) in [5.41, 5.74) is 1.19. The average molecular weight is 335 g/mol. The number of ether oxygens (including phenoxy) is 2. The summed E-state index contributed by atoms with van der Waals surface area (Å²) in [5.74, 6) is 0.896. The summed E-state index contributed by atoms with van der Waals surface area (Å²) >= 11 is 0. The Hall–Kier alpha value is -0.500. The second-order valence-electron chi connectivity index (χ2n) is 4.05. The maximum atomic E-state index is 10.9. The van der Waals surface area contributed by atoms with Crippen molar-refractivity contribution in [2.24, 2.45) is 4.99 Å². The maximum absolute atomic E-state index is 10.9. The van der Waals surface area contributed by atoms with Crippen molar-refractivity contribution in [2.75, 3.05) is 46.3 Å². The SMILES string of the molecule is C/C=C(/C)C(=NC)SSCCOCCOCCC(=O)NC. The standard InChI is InChI=1S/C14H26N2O3S2/c1-5-12(2)14(16-4)21-20-11-10-19-9-8-18-7-6-13(17)15-3/h5H,6-11H2,1-4H3,(H,15,17)/b12-5-,16-14?. The first-order valence-electron chi connectivity index (χ1n) is 6.91. The minimum Gasteiger partial charge on any atom is -0.379 e. The van der Waals surface area contributed by atoms with Crippen LogP contribution in [0.4, 0.5) is 0 Å². The Bertz CT molecular complexity index is 347. The number of carbonyl (C=O) groups is 1. The number of carbonyl (C=O) groups excluding carboxylic acids is 1. The van der Waals surface area contributed by atoms with Crippen molar-refractivity contribution in [3.05, 3.63) is 11.6 Å². The molecule has 0 unspecified atom stereocenters. The third-order valence-corrected chi connectivity index (χ3v) is 4.99. The van der Waals surface area contributed by atoms with Crippen LogP contribution in [0.15, 0.2) is 16.6 Å². The molecule has 0 aromatic rings. The molecule has 7 heteroatoms. The summed E-state index contributed by atoms with van der Waals surface area (Å²) in [5, 5.41) is 3.60. The van der Waals surface area contributed by atoms with Gasteiger partial charge in [0.05, 0.1) is 26.4 Å². The highest BCUT2D eigenvalue weighted by molar-refractivity contribution is 8.82. The number of hydrogen-bond donors (Lipinski definition) is 1. The van der Waals surface area contributed by atoms with E-state index in [0.717, 1.165) is 10.8 Å². The van der Waals surface area contributed by atoms with Gasteiger partial charge in [-0.25, -0.2) is 0 Å². The Morgan fingerprint density at radius 2 is 1.90 bits per heavy atom. The van der Waals surface area contributed by atoms with Gasteiger partial charge in [0, 0.05) is 26.3 Å². The van der Waals surface area contributed by atoms with Crippen LogP contribution in [0.2, 0.25) is 0 Å². The minimum absolute atomic E-state index is 0.00541. The van der Waals surface area contributed by atoms with E-state index in [1.165, 1.54) is 5.57 Å². The molecule has 1 N–H and O–H groups in total. The Morgan fingerprint density at radius 3 is 2.48 bits per heavy atom. The molecule has 0 radical (unpaired) electrons. The Morgan fingerprint density at radius 1 is 1.24 bits per heavy atom. The lowest BCUT2D eigenvalue weighted by Crippen LogP contribution is -2.19. The van der Waals surface area contributed by atoms with E-state index in [2.05, 4.69) is 23.3 Å². The average Bonchev–Trinajstić information content (AvgIpc) is 2.51. The Balaban J connectivity index is 3.39. The van der Waals surface area contributed by atoms with Crippen molar-refractivity contribution < 1.29 is 14.3 Å². The van der Waals surface area contributed by atoms with Crippen LogP contribution in [0.3, 0.4) is 0 Å². The van der Waals surface area contributed by atoms with E-state index in [0.29, 0.717) is 32.8 Å². The largest absolute Gasteiger partial charge is 0.379 e. The molecule has 0 aliphatic heterocycles. The zero-order chi connectivity index (χ0) is 15.9. The third kappa shape index (κ3) is 11.8. The second-order valence-corrected chi connectivity index (χ2v) is 6.46. The summed E-state index contributed by atoms with van der Waals surface area (Å²) in [6, 6.07) is 0. The molecular weight excluding hydrogens is 308 g/mol. The molecular formula is C14H26N2O3S2. The van der Waals surface area contributed by atoms with Crippen molar-refractivity contribution in [3.63, 3.8) is 0 Å². The van der Waals surface area contributed by atoms with Crippen molar-refractivity contribution in [3.8, 4) is 0 Å². The number of nitrogens with one attached hydrogen (secondary N) is 1. The van der Waals surface area contributed by atoms with Crippen molar-refractivity contribution in [1.29, 1.82) is 0 Å². The summed E-state index contributed by atoms with van der Waals surface area (Å²) in [6.45, 7) is 6.27. The zero-order valence-corrected chi connectivity index (χ0v) is 14.9. The lowest BCUT2D eigenvalue weighted by atomic mass is 10.3. The molecule has 0 rings (SSSR count). The van der Waals surface area contributed by atoms with E-state index >= 15 is 0 Å². The predicted molar refractivity (Wildman–Crippen MR) is 93.2 cm³/mol. The van der Waals surface area contributed by atoms with Gasteiger partial charge >= 0.3 is 0 Å². The van der Waals surface area contributed by atoms with Gasteiger partial charge in [-0.05, 0) is 30.2 Å². The van der Waals surface area contributed by atoms with Crippen LogP contribution >= 0.6 is 21.6 Å². The van der Waals surface area contributed by atoms with Gasteiger partial charge in [-0.1, -0.05) is 16.9 Å². The smallest absolute Gasteiger partial charge is 0.222 e. The molecule has 0 spiro atoms. The van der Waals surface area contributed by atoms with E-state index < -0.39 is 0 Å². The first-order chi connectivity index (χ1) is 10.2. The molecule has 0 fully saturated rings. The van der Waals surface area contributed by atoms with Gasteiger partial charge < -0.3 is 14.8 Å². The third-order valence-electron chi connectivity index (χ3n) is 2.55. The number of rotatable bonds is 11. The Kier molecular flexibility index (Phi) is 14.1. The first-order valence-corrected chi connectivity index (χ1v) is 9.23. The van der Waals surface area contributed by atoms with Crippen LogP contribution in [-0.2, 0) is 14.3 Å². The topological polar surface area (TPSA) is 59.9 Å².